The van der Waals surface area contributed by atoms with E-state index in [0.717, 1.165) is 42.0 Å². The summed E-state index contributed by atoms with van der Waals surface area (Å²) in [5.41, 5.74) is 9.36. The first-order valence-corrected chi connectivity index (χ1v) is 11.1. The van der Waals surface area contributed by atoms with Crippen LogP contribution in [-0.4, -0.2) is 42.3 Å². The van der Waals surface area contributed by atoms with Gasteiger partial charge in [0.05, 0.1) is 12.3 Å². The molecule has 3 N–H and O–H groups in total. The number of carbonyl (C=O) groups is 2. The molecule has 1 atom stereocenters. The fraction of sp³-hybridized carbons (Fsp3) is 0.440. The van der Waals surface area contributed by atoms with E-state index >= 15 is 0 Å². The molecule has 1 aliphatic carbocycles. The second-order valence-electron chi connectivity index (χ2n) is 8.42. The van der Waals surface area contributed by atoms with E-state index in [0.29, 0.717) is 24.6 Å². The fourth-order valence-corrected chi connectivity index (χ4v) is 3.83. The maximum Gasteiger partial charge on any atom is 0.252 e. The fourth-order valence-electron chi connectivity index (χ4n) is 3.83. The number of Topliss-reactive ketones (excluding diaryl/α,β-unsaturated/α-hetero) is 1. The Morgan fingerprint density at radius 1 is 1.29 bits per heavy atom. The second kappa shape index (κ2) is 10.4. The average molecular weight is 424 g/mol. The molecule has 1 unspecified atom stereocenters. The van der Waals surface area contributed by atoms with E-state index in [1.54, 1.807) is 24.3 Å². The number of ether oxygens (including phenoxy) is 1. The zero-order valence-corrected chi connectivity index (χ0v) is 18.7. The summed E-state index contributed by atoms with van der Waals surface area (Å²) < 4.78 is 6.21. The molecule has 166 valence electrons. The number of hydrogen-bond donors (Lipinski definition) is 2. The van der Waals surface area contributed by atoms with Crippen LogP contribution in [0, 0.1) is 5.92 Å². The number of carbonyl (C=O) groups excluding carboxylic acids is 2. The van der Waals surface area contributed by atoms with Gasteiger partial charge in [-0.15, -0.1) is 0 Å². The average Bonchev–Trinajstić information content (AvgIpc) is 2.75. The Hall–Kier alpha value is -2.86. The quantitative estimate of drug-likeness (QED) is 0.594. The minimum absolute atomic E-state index is 0.0344. The molecule has 2 aliphatic rings. The van der Waals surface area contributed by atoms with Crippen molar-refractivity contribution in [2.75, 3.05) is 19.7 Å². The van der Waals surface area contributed by atoms with Gasteiger partial charge in [-0.2, -0.15) is 0 Å². The maximum absolute atomic E-state index is 12.9. The lowest BCUT2D eigenvalue weighted by molar-refractivity contribution is -0.119. The van der Waals surface area contributed by atoms with Gasteiger partial charge in [-0.1, -0.05) is 45.4 Å². The Morgan fingerprint density at radius 3 is 2.68 bits per heavy atom. The lowest BCUT2D eigenvalue weighted by atomic mass is 9.86. The molecule has 1 aliphatic heterocycles. The van der Waals surface area contributed by atoms with Crippen LogP contribution in [0.3, 0.4) is 0 Å². The summed E-state index contributed by atoms with van der Waals surface area (Å²) >= 11 is 0. The highest BCUT2D eigenvalue weighted by atomic mass is 16.5. The van der Waals surface area contributed by atoms with E-state index in [1.165, 1.54) is 0 Å². The van der Waals surface area contributed by atoms with Crippen molar-refractivity contribution in [3.8, 4) is 0 Å². The third-order valence-electron chi connectivity index (χ3n) is 5.38. The molecule has 0 saturated heterocycles. The molecule has 1 amide bonds. The predicted octanol–water partition coefficient (Wildman–Crippen LogP) is 3.53. The van der Waals surface area contributed by atoms with Crippen molar-refractivity contribution in [1.29, 1.82) is 0 Å². The van der Waals surface area contributed by atoms with Crippen LogP contribution in [0.5, 0.6) is 0 Å². The standard InChI is InChI=1S/C25H33N3O3/c1-4-5-11-31-24-20-13-21(27-25(30)18-9-7-6-8-10-18)23(29)12-19(20)16-28(15-17(2)3)22(24)14-26/h6-10,13,16-17,21H,4-5,11-12,14-15,26H2,1-3H3,(H,27,30). The van der Waals surface area contributed by atoms with Crippen molar-refractivity contribution >= 4 is 11.7 Å². The monoisotopic (exact) mass is 423 g/mol. The highest BCUT2D eigenvalue weighted by Crippen LogP contribution is 2.36. The van der Waals surface area contributed by atoms with Crippen LogP contribution in [-0.2, 0) is 9.53 Å². The molecule has 0 aromatic heterocycles. The van der Waals surface area contributed by atoms with E-state index in [9.17, 15) is 9.59 Å². The molecular weight excluding hydrogens is 390 g/mol. The molecule has 31 heavy (non-hydrogen) atoms. The van der Waals surface area contributed by atoms with E-state index in [1.807, 2.05) is 18.3 Å². The summed E-state index contributed by atoms with van der Waals surface area (Å²) in [7, 11) is 0. The van der Waals surface area contributed by atoms with Crippen LogP contribution >= 0.6 is 0 Å². The number of amides is 1. The zero-order chi connectivity index (χ0) is 22.4. The lowest BCUT2D eigenvalue weighted by Crippen LogP contribution is -2.43. The van der Waals surface area contributed by atoms with E-state index in [4.69, 9.17) is 10.5 Å². The SMILES string of the molecule is CCCCOC1=C(CN)N(CC(C)C)C=C2CC(=O)C(NC(=O)c3ccccc3)C=C21. The van der Waals surface area contributed by atoms with Crippen LogP contribution in [0.4, 0.5) is 0 Å². The first-order chi connectivity index (χ1) is 14.9. The van der Waals surface area contributed by atoms with Crippen LogP contribution in [0.25, 0.3) is 0 Å². The molecule has 0 saturated carbocycles. The number of rotatable bonds is 9. The Labute approximate surface area is 184 Å². The topological polar surface area (TPSA) is 84.7 Å². The van der Waals surface area contributed by atoms with Crippen molar-refractivity contribution < 1.29 is 14.3 Å². The number of benzene rings is 1. The van der Waals surface area contributed by atoms with Crippen molar-refractivity contribution in [2.45, 2.75) is 46.1 Å². The van der Waals surface area contributed by atoms with E-state index < -0.39 is 6.04 Å². The first kappa shape index (κ1) is 22.8. The summed E-state index contributed by atoms with van der Waals surface area (Å²) in [4.78, 5) is 27.6. The van der Waals surface area contributed by atoms with Gasteiger partial charge in [-0.05, 0) is 36.1 Å². The van der Waals surface area contributed by atoms with Crippen molar-refractivity contribution in [2.24, 2.45) is 11.7 Å². The number of fused-ring (bicyclic) bond motifs is 1. The zero-order valence-electron chi connectivity index (χ0n) is 18.7. The molecule has 3 rings (SSSR count). The Kier molecular flexibility index (Phi) is 7.69. The van der Waals surface area contributed by atoms with Gasteiger partial charge in [-0.3, -0.25) is 9.59 Å². The van der Waals surface area contributed by atoms with Crippen LogP contribution in [0.1, 0.15) is 50.4 Å². The third-order valence-corrected chi connectivity index (χ3v) is 5.38. The van der Waals surface area contributed by atoms with Crippen LogP contribution in [0.2, 0.25) is 0 Å². The molecular formula is C25H33N3O3. The number of hydrogen-bond acceptors (Lipinski definition) is 5. The smallest absolute Gasteiger partial charge is 0.252 e. The molecule has 1 aromatic rings. The van der Waals surface area contributed by atoms with Gasteiger partial charge in [0, 0.05) is 36.8 Å². The highest BCUT2D eigenvalue weighted by molar-refractivity contribution is 6.00. The predicted molar refractivity (Wildman–Crippen MR) is 122 cm³/mol. The number of ketones is 1. The van der Waals surface area contributed by atoms with Crippen molar-refractivity contribution in [3.63, 3.8) is 0 Å². The summed E-state index contributed by atoms with van der Waals surface area (Å²) in [6.45, 7) is 8.14. The number of nitrogens with zero attached hydrogens (tertiary/aromatic N) is 1. The van der Waals surface area contributed by atoms with Gasteiger partial charge < -0.3 is 20.7 Å². The van der Waals surface area contributed by atoms with E-state index in [2.05, 4.69) is 31.0 Å². The third kappa shape index (κ3) is 5.44. The number of allylic oxidation sites excluding steroid dienone is 1. The Bertz CT molecular complexity index is 900. The van der Waals surface area contributed by atoms with E-state index in [-0.39, 0.29) is 18.1 Å². The first-order valence-electron chi connectivity index (χ1n) is 11.1. The molecule has 6 heteroatoms. The molecule has 6 nitrogen and oxygen atoms in total. The van der Waals surface area contributed by atoms with Crippen molar-refractivity contribution in [1.82, 2.24) is 10.2 Å². The lowest BCUT2D eigenvalue weighted by Gasteiger charge is -2.36. The van der Waals surface area contributed by atoms with Crippen LogP contribution in [0.15, 0.2) is 65.2 Å². The number of nitrogens with two attached hydrogens (primary N) is 1. The van der Waals surface area contributed by atoms with Gasteiger partial charge in [0.1, 0.15) is 11.8 Å². The molecule has 1 aromatic carbocycles. The van der Waals surface area contributed by atoms with Crippen LogP contribution < -0.4 is 11.1 Å². The molecule has 0 fully saturated rings. The van der Waals surface area contributed by atoms with Gasteiger partial charge >= 0.3 is 0 Å². The second-order valence-corrected chi connectivity index (χ2v) is 8.42. The summed E-state index contributed by atoms with van der Waals surface area (Å²) in [6.07, 6.45) is 6.05. The summed E-state index contributed by atoms with van der Waals surface area (Å²) in [5.74, 6) is 0.864. The minimum Gasteiger partial charge on any atom is -0.491 e. The van der Waals surface area contributed by atoms with Gasteiger partial charge in [0.25, 0.3) is 5.91 Å². The number of nitrogens with one attached hydrogen (secondary N) is 1. The number of unbranched alkanes of at least 4 members (excludes halogenated alkanes) is 1. The summed E-state index contributed by atoms with van der Waals surface area (Å²) in [5, 5.41) is 2.87. The largest absolute Gasteiger partial charge is 0.491 e. The highest BCUT2D eigenvalue weighted by Gasteiger charge is 2.34. The molecule has 0 spiro atoms. The Morgan fingerprint density at radius 2 is 2.03 bits per heavy atom. The normalized spacial score (nSPS) is 18.5. The molecule has 0 radical (unpaired) electrons. The Balaban J connectivity index is 1.93. The van der Waals surface area contributed by atoms with Gasteiger partial charge in [-0.25, -0.2) is 0 Å². The minimum atomic E-state index is -0.694. The molecule has 1 heterocycles. The van der Waals surface area contributed by atoms with Gasteiger partial charge in [0.15, 0.2) is 5.78 Å². The summed E-state index contributed by atoms with van der Waals surface area (Å²) in [6, 6.07) is 8.23. The van der Waals surface area contributed by atoms with Gasteiger partial charge in [0.2, 0.25) is 0 Å². The maximum atomic E-state index is 12.9. The van der Waals surface area contributed by atoms with Crippen molar-refractivity contribution in [3.05, 3.63) is 70.8 Å². The molecule has 0 bridgehead atoms.